The molecule has 0 aliphatic rings. The van der Waals surface area contributed by atoms with Crippen LogP contribution in [0, 0.1) is 11.6 Å². The van der Waals surface area contributed by atoms with Gasteiger partial charge in [-0.1, -0.05) is 79.7 Å². The zero-order valence-corrected chi connectivity index (χ0v) is 25.4. The second-order valence-corrected chi connectivity index (χ2v) is 12.3. The number of carbonyl (C=O) groups is 2. The van der Waals surface area contributed by atoms with Crippen molar-refractivity contribution in [2.45, 2.75) is 50.2 Å². The summed E-state index contributed by atoms with van der Waals surface area (Å²) < 4.78 is 57.4. The van der Waals surface area contributed by atoms with Crippen LogP contribution in [-0.4, -0.2) is 43.8 Å². The second kappa shape index (κ2) is 14.7. The zero-order valence-electron chi connectivity index (χ0n) is 24.6. The fourth-order valence-electron chi connectivity index (χ4n) is 4.67. The molecule has 0 heterocycles. The number of nitrogens with zero attached hydrogens (tertiary/aromatic N) is 2. The van der Waals surface area contributed by atoms with Crippen LogP contribution < -0.4 is 9.62 Å². The molecule has 0 spiro atoms. The Balaban J connectivity index is 1.81. The van der Waals surface area contributed by atoms with Gasteiger partial charge in [0.25, 0.3) is 10.0 Å². The number of anilines is 1. The van der Waals surface area contributed by atoms with E-state index in [4.69, 9.17) is 0 Å². The second-order valence-electron chi connectivity index (χ2n) is 10.4. The summed E-state index contributed by atoms with van der Waals surface area (Å²) in [5.74, 6) is -2.47. The van der Waals surface area contributed by atoms with Crippen LogP contribution in [-0.2, 0) is 32.6 Å². The fourth-order valence-corrected chi connectivity index (χ4v) is 6.11. The van der Waals surface area contributed by atoms with Gasteiger partial charge in [0.15, 0.2) is 0 Å². The first-order valence-corrected chi connectivity index (χ1v) is 15.7. The monoisotopic (exact) mass is 619 g/mol. The van der Waals surface area contributed by atoms with Crippen molar-refractivity contribution in [1.82, 2.24) is 10.2 Å². The number of halogens is 2. The van der Waals surface area contributed by atoms with E-state index in [1.807, 2.05) is 44.2 Å². The molecule has 1 N–H and O–H groups in total. The average molecular weight is 620 g/mol. The summed E-state index contributed by atoms with van der Waals surface area (Å²) in [7, 11) is -4.42. The number of nitrogens with one attached hydrogen (secondary N) is 1. The minimum atomic E-state index is -4.42. The molecule has 4 aromatic rings. The van der Waals surface area contributed by atoms with E-state index in [0.717, 1.165) is 15.9 Å². The topological polar surface area (TPSA) is 86.8 Å². The minimum absolute atomic E-state index is 0.124. The third-order valence-corrected chi connectivity index (χ3v) is 9.04. The number of hydrogen-bond donors (Lipinski definition) is 1. The summed E-state index contributed by atoms with van der Waals surface area (Å²) in [6, 6.07) is 26.1. The molecule has 0 bridgehead atoms. The van der Waals surface area contributed by atoms with Gasteiger partial charge in [0, 0.05) is 19.0 Å². The van der Waals surface area contributed by atoms with Gasteiger partial charge in [-0.2, -0.15) is 0 Å². The third kappa shape index (κ3) is 8.08. The molecule has 4 aromatic carbocycles. The SMILES string of the molecule is CC[C@@H](C)NC(=O)[C@@H](Cc1ccccc1)N(Cc1ccc(F)cc1)C(=O)CN(c1ccccc1F)S(=O)(=O)c1ccccc1. The van der Waals surface area contributed by atoms with Crippen molar-refractivity contribution < 1.29 is 26.8 Å². The Labute approximate surface area is 257 Å². The summed E-state index contributed by atoms with van der Waals surface area (Å²) in [6.45, 7) is 2.84. The van der Waals surface area contributed by atoms with Crippen molar-refractivity contribution in [2.24, 2.45) is 0 Å². The summed E-state index contributed by atoms with van der Waals surface area (Å²) in [4.78, 5) is 29.3. The Morgan fingerprint density at radius 1 is 0.795 bits per heavy atom. The largest absolute Gasteiger partial charge is 0.352 e. The molecule has 230 valence electrons. The van der Waals surface area contributed by atoms with Crippen LogP contribution in [0.1, 0.15) is 31.4 Å². The Morgan fingerprint density at radius 3 is 2.00 bits per heavy atom. The fraction of sp³-hybridized carbons (Fsp3) is 0.235. The lowest BCUT2D eigenvalue weighted by molar-refractivity contribution is -0.140. The van der Waals surface area contributed by atoms with E-state index in [1.165, 1.54) is 71.6 Å². The lowest BCUT2D eigenvalue weighted by Gasteiger charge is -2.34. The van der Waals surface area contributed by atoms with Gasteiger partial charge in [-0.25, -0.2) is 17.2 Å². The number of para-hydroxylation sites is 1. The summed E-state index contributed by atoms with van der Waals surface area (Å²) in [5, 5.41) is 2.95. The molecule has 0 unspecified atom stereocenters. The van der Waals surface area contributed by atoms with Crippen LogP contribution in [0.25, 0.3) is 0 Å². The number of sulfonamides is 1. The van der Waals surface area contributed by atoms with E-state index in [9.17, 15) is 22.4 Å². The van der Waals surface area contributed by atoms with Crippen LogP contribution >= 0.6 is 0 Å². The molecule has 7 nitrogen and oxygen atoms in total. The van der Waals surface area contributed by atoms with E-state index >= 15 is 4.39 Å². The molecule has 2 amide bonds. The standard InChI is InChI=1S/C34H35F2N3O4S/c1-3-25(2)37-34(41)32(22-26-12-6-4-7-13-26)38(23-27-18-20-28(35)21-19-27)33(40)24-39(31-17-11-10-16-30(31)36)44(42,43)29-14-8-5-9-15-29/h4-21,25,32H,3,22-24H2,1-2H3,(H,37,41)/t25-,32-/m1/s1. The maximum absolute atomic E-state index is 15.1. The van der Waals surface area contributed by atoms with E-state index < -0.39 is 46.1 Å². The van der Waals surface area contributed by atoms with Crippen LogP contribution in [0.2, 0.25) is 0 Å². The summed E-state index contributed by atoms with van der Waals surface area (Å²) in [6.07, 6.45) is 0.771. The van der Waals surface area contributed by atoms with Gasteiger partial charge in [-0.15, -0.1) is 0 Å². The third-order valence-electron chi connectivity index (χ3n) is 7.27. The first kappa shape index (κ1) is 32.3. The predicted molar refractivity (Wildman–Crippen MR) is 166 cm³/mol. The van der Waals surface area contributed by atoms with E-state index in [1.54, 1.807) is 6.07 Å². The molecule has 0 aliphatic heterocycles. The normalized spacial score (nSPS) is 12.6. The molecule has 0 aliphatic carbocycles. The molecule has 44 heavy (non-hydrogen) atoms. The van der Waals surface area contributed by atoms with Gasteiger partial charge in [0.1, 0.15) is 24.2 Å². The lowest BCUT2D eigenvalue weighted by atomic mass is 10.0. The number of benzene rings is 4. The Bertz CT molecular complexity index is 1650. The van der Waals surface area contributed by atoms with Crippen molar-refractivity contribution in [2.75, 3.05) is 10.8 Å². The van der Waals surface area contributed by atoms with Gasteiger partial charge in [0.2, 0.25) is 11.8 Å². The maximum atomic E-state index is 15.1. The van der Waals surface area contributed by atoms with E-state index in [2.05, 4.69) is 5.32 Å². The van der Waals surface area contributed by atoms with E-state index in [0.29, 0.717) is 12.0 Å². The first-order valence-electron chi connectivity index (χ1n) is 14.3. The molecular weight excluding hydrogens is 584 g/mol. The smallest absolute Gasteiger partial charge is 0.264 e. The molecule has 0 aromatic heterocycles. The van der Waals surface area contributed by atoms with Crippen LogP contribution in [0.15, 0.2) is 114 Å². The average Bonchev–Trinajstić information content (AvgIpc) is 3.03. The van der Waals surface area contributed by atoms with Crippen molar-refractivity contribution in [3.8, 4) is 0 Å². The Morgan fingerprint density at radius 2 is 1.39 bits per heavy atom. The zero-order chi connectivity index (χ0) is 31.7. The lowest BCUT2D eigenvalue weighted by Crippen LogP contribution is -2.54. The minimum Gasteiger partial charge on any atom is -0.352 e. The van der Waals surface area contributed by atoms with Crippen LogP contribution in [0.3, 0.4) is 0 Å². The van der Waals surface area contributed by atoms with Crippen molar-refractivity contribution >= 4 is 27.5 Å². The van der Waals surface area contributed by atoms with Crippen LogP contribution in [0.5, 0.6) is 0 Å². The first-order chi connectivity index (χ1) is 21.1. The number of amides is 2. The quantitative estimate of drug-likeness (QED) is 0.208. The van der Waals surface area contributed by atoms with Gasteiger partial charge in [0.05, 0.1) is 10.6 Å². The molecular formula is C34H35F2N3O4S. The predicted octanol–water partition coefficient (Wildman–Crippen LogP) is 5.71. The summed E-state index contributed by atoms with van der Waals surface area (Å²) >= 11 is 0. The molecule has 0 saturated heterocycles. The Hall–Kier alpha value is -4.57. The van der Waals surface area contributed by atoms with Gasteiger partial charge in [-0.05, 0) is 60.9 Å². The van der Waals surface area contributed by atoms with E-state index in [-0.39, 0.29) is 29.6 Å². The van der Waals surface area contributed by atoms with Crippen molar-refractivity contribution in [3.63, 3.8) is 0 Å². The van der Waals surface area contributed by atoms with Crippen molar-refractivity contribution in [1.29, 1.82) is 0 Å². The molecule has 0 fully saturated rings. The van der Waals surface area contributed by atoms with Gasteiger partial charge in [-0.3, -0.25) is 13.9 Å². The number of carbonyl (C=O) groups excluding carboxylic acids is 2. The van der Waals surface area contributed by atoms with Gasteiger partial charge >= 0.3 is 0 Å². The highest BCUT2D eigenvalue weighted by Crippen LogP contribution is 2.27. The van der Waals surface area contributed by atoms with Crippen molar-refractivity contribution in [3.05, 3.63) is 132 Å². The molecule has 2 atom stereocenters. The highest BCUT2D eigenvalue weighted by atomic mass is 32.2. The van der Waals surface area contributed by atoms with Crippen LogP contribution in [0.4, 0.5) is 14.5 Å². The highest BCUT2D eigenvalue weighted by Gasteiger charge is 2.35. The maximum Gasteiger partial charge on any atom is 0.264 e. The molecule has 0 radical (unpaired) electrons. The highest BCUT2D eigenvalue weighted by molar-refractivity contribution is 7.92. The summed E-state index contributed by atoms with van der Waals surface area (Å²) in [5.41, 5.74) is 0.990. The number of hydrogen-bond acceptors (Lipinski definition) is 4. The number of rotatable bonds is 13. The molecule has 4 rings (SSSR count). The Kier molecular flexibility index (Phi) is 10.8. The van der Waals surface area contributed by atoms with Gasteiger partial charge < -0.3 is 10.2 Å². The molecule has 0 saturated carbocycles. The molecule has 10 heteroatoms.